The second-order valence-electron chi connectivity index (χ2n) is 5.58. The zero-order valence-corrected chi connectivity index (χ0v) is 14.1. The lowest BCUT2D eigenvalue weighted by Gasteiger charge is -2.27. The number of hydrogen-bond acceptors (Lipinski definition) is 4. The molecule has 0 saturated heterocycles. The van der Waals surface area contributed by atoms with Gasteiger partial charge >= 0.3 is 0 Å². The van der Waals surface area contributed by atoms with Crippen LogP contribution in [0.5, 0.6) is 0 Å². The van der Waals surface area contributed by atoms with Gasteiger partial charge < -0.3 is 5.11 Å². The third kappa shape index (κ3) is 4.45. The van der Waals surface area contributed by atoms with Crippen molar-refractivity contribution in [2.24, 2.45) is 0 Å². The molecule has 0 amide bonds. The fraction of sp³-hybridized carbons (Fsp3) is 0.600. The first-order chi connectivity index (χ1) is 9.92. The third-order valence-corrected chi connectivity index (χ3v) is 6.68. The van der Waals surface area contributed by atoms with Gasteiger partial charge in [0, 0.05) is 11.3 Å². The highest BCUT2D eigenvalue weighted by Gasteiger charge is 2.25. The summed E-state index contributed by atoms with van der Waals surface area (Å²) in [4.78, 5) is 0.263. The zero-order chi connectivity index (χ0) is 15.5. The largest absolute Gasteiger partial charge is 0.389 e. The SMILES string of the molecule is CSC1CCC(NS(=O)(=O)c2ccc(C(C)O)cc2)CC1. The van der Waals surface area contributed by atoms with Crippen molar-refractivity contribution in [1.82, 2.24) is 4.72 Å². The Kier molecular flexibility index (Phi) is 5.71. The minimum Gasteiger partial charge on any atom is -0.389 e. The lowest BCUT2D eigenvalue weighted by molar-refractivity contribution is 0.199. The van der Waals surface area contributed by atoms with Crippen molar-refractivity contribution >= 4 is 21.8 Å². The number of sulfonamides is 1. The van der Waals surface area contributed by atoms with Gasteiger partial charge in [-0.25, -0.2) is 13.1 Å². The molecule has 1 unspecified atom stereocenters. The second kappa shape index (κ2) is 7.13. The molecule has 6 heteroatoms. The molecule has 0 radical (unpaired) electrons. The molecule has 2 rings (SSSR count). The first kappa shape index (κ1) is 16.8. The summed E-state index contributed by atoms with van der Waals surface area (Å²) in [5.41, 5.74) is 0.717. The Morgan fingerprint density at radius 2 is 1.76 bits per heavy atom. The molecule has 0 bridgehead atoms. The maximum absolute atomic E-state index is 12.4. The van der Waals surface area contributed by atoms with E-state index < -0.39 is 16.1 Å². The Hall–Kier alpha value is -0.560. The molecule has 0 spiro atoms. The van der Waals surface area contributed by atoms with Crippen LogP contribution < -0.4 is 4.72 Å². The Bertz CT molecular complexity index is 547. The molecule has 1 aliphatic rings. The molecule has 1 atom stereocenters. The van der Waals surface area contributed by atoms with E-state index in [-0.39, 0.29) is 10.9 Å². The molecule has 4 nitrogen and oxygen atoms in total. The van der Waals surface area contributed by atoms with Gasteiger partial charge in [-0.05, 0) is 56.6 Å². The van der Waals surface area contributed by atoms with Crippen molar-refractivity contribution in [2.45, 2.75) is 54.9 Å². The van der Waals surface area contributed by atoms with Gasteiger partial charge in [0.15, 0.2) is 0 Å². The first-order valence-corrected chi connectivity index (χ1v) is 10.0. The van der Waals surface area contributed by atoms with Gasteiger partial charge in [-0.3, -0.25) is 0 Å². The van der Waals surface area contributed by atoms with E-state index in [1.54, 1.807) is 31.2 Å². The summed E-state index contributed by atoms with van der Waals surface area (Å²) >= 11 is 1.87. The molecule has 1 aromatic rings. The van der Waals surface area contributed by atoms with Crippen LogP contribution >= 0.6 is 11.8 Å². The molecule has 1 aromatic carbocycles. The molecule has 1 aliphatic carbocycles. The van der Waals surface area contributed by atoms with Crippen molar-refractivity contribution in [1.29, 1.82) is 0 Å². The van der Waals surface area contributed by atoms with Gasteiger partial charge in [0.05, 0.1) is 11.0 Å². The number of hydrogen-bond donors (Lipinski definition) is 2. The van der Waals surface area contributed by atoms with E-state index >= 15 is 0 Å². The quantitative estimate of drug-likeness (QED) is 0.871. The molecule has 2 N–H and O–H groups in total. The number of benzene rings is 1. The predicted octanol–water partition coefficient (Wildman–Crippen LogP) is 2.69. The van der Waals surface area contributed by atoms with E-state index in [0.717, 1.165) is 31.2 Å². The fourth-order valence-electron chi connectivity index (χ4n) is 2.63. The van der Waals surface area contributed by atoms with Gasteiger partial charge in [-0.1, -0.05) is 12.1 Å². The molecule has 0 aliphatic heterocycles. The number of rotatable bonds is 5. The van der Waals surface area contributed by atoms with Crippen LogP contribution in [0.25, 0.3) is 0 Å². The summed E-state index contributed by atoms with van der Waals surface area (Å²) in [7, 11) is -3.47. The normalized spacial score (nSPS) is 24.7. The highest BCUT2D eigenvalue weighted by atomic mass is 32.2. The standard InChI is InChI=1S/C15H23NO3S2/c1-11(17)12-3-9-15(10-4-12)21(18,19)16-13-5-7-14(20-2)8-6-13/h3-4,9-11,13-14,16-17H,5-8H2,1-2H3. The second-order valence-corrected chi connectivity index (χ2v) is 8.43. The summed E-state index contributed by atoms with van der Waals surface area (Å²) < 4.78 is 27.5. The Balaban J connectivity index is 2.01. The molecular formula is C15H23NO3S2. The summed E-state index contributed by atoms with van der Waals surface area (Å²) in [6.07, 6.45) is 5.45. The maximum atomic E-state index is 12.4. The van der Waals surface area contributed by atoms with Crippen LogP contribution in [0.3, 0.4) is 0 Å². The lowest BCUT2D eigenvalue weighted by atomic mass is 9.96. The lowest BCUT2D eigenvalue weighted by Crippen LogP contribution is -2.38. The van der Waals surface area contributed by atoms with Gasteiger partial charge in [0.25, 0.3) is 0 Å². The summed E-state index contributed by atoms with van der Waals surface area (Å²) in [5.74, 6) is 0. The molecule has 1 fully saturated rings. The highest BCUT2D eigenvalue weighted by molar-refractivity contribution is 7.99. The summed E-state index contributed by atoms with van der Waals surface area (Å²) in [6, 6.07) is 6.46. The van der Waals surface area contributed by atoms with Crippen molar-refractivity contribution in [2.75, 3.05) is 6.26 Å². The predicted molar refractivity (Wildman–Crippen MR) is 87.0 cm³/mol. The van der Waals surface area contributed by atoms with Gasteiger partial charge in [-0.2, -0.15) is 11.8 Å². The van der Waals surface area contributed by atoms with Crippen LogP contribution in [0.2, 0.25) is 0 Å². The average Bonchev–Trinajstić information content (AvgIpc) is 2.48. The average molecular weight is 329 g/mol. The number of thioether (sulfide) groups is 1. The summed E-state index contributed by atoms with van der Waals surface area (Å²) in [6.45, 7) is 1.66. The van der Waals surface area contributed by atoms with Crippen molar-refractivity contribution in [3.05, 3.63) is 29.8 Å². The molecular weight excluding hydrogens is 306 g/mol. The minimum atomic E-state index is -3.47. The number of aliphatic hydroxyl groups is 1. The van der Waals surface area contributed by atoms with Gasteiger partial charge in [0.2, 0.25) is 10.0 Å². The monoisotopic (exact) mass is 329 g/mol. The van der Waals surface area contributed by atoms with Gasteiger partial charge in [-0.15, -0.1) is 0 Å². The number of aliphatic hydroxyl groups excluding tert-OH is 1. The first-order valence-electron chi connectivity index (χ1n) is 7.25. The fourth-order valence-corrected chi connectivity index (χ4v) is 4.68. The van der Waals surface area contributed by atoms with Crippen LogP contribution in [0, 0.1) is 0 Å². The summed E-state index contributed by atoms with van der Waals surface area (Å²) in [5, 5.41) is 10.1. The Morgan fingerprint density at radius 1 is 1.19 bits per heavy atom. The maximum Gasteiger partial charge on any atom is 0.240 e. The highest BCUT2D eigenvalue weighted by Crippen LogP contribution is 2.27. The topological polar surface area (TPSA) is 66.4 Å². The van der Waals surface area contributed by atoms with Crippen LogP contribution in [-0.2, 0) is 10.0 Å². The molecule has 0 heterocycles. The van der Waals surface area contributed by atoms with Crippen molar-refractivity contribution in [3.8, 4) is 0 Å². The van der Waals surface area contributed by atoms with E-state index in [9.17, 15) is 13.5 Å². The van der Waals surface area contributed by atoms with Crippen LogP contribution in [0.15, 0.2) is 29.2 Å². The molecule has 118 valence electrons. The van der Waals surface area contributed by atoms with E-state index in [1.807, 2.05) is 11.8 Å². The smallest absolute Gasteiger partial charge is 0.240 e. The van der Waals surface area contributed by atoms with Crippen LogP contribution in [-0.4, -0.2) is 31.1 Å². The van der Waals surface area contributed by atoms with Gasteiger partial charge in [0.1, 0.15) is 0 Å². The van der Waals surface area contributed by atoms with Crippen molar-refractivity contribution in [3.63, 3.8) is 0 Å². The van der Waals surface area contributed by atoms with E-state index in [1.165, 1.54) is 0 Å². The van der Waals surface area contributed by atoms with E-state index in [4.69, 9.17) is 0 Å². The number of nitrogens with one attached hydrogen (secondary N) is 1. The van der Waals surface area contributed by atoms with E-state index in [2.05, 4.69) is 11.0 Å². The zero-order valence-electron chi connectivity index (χ0n) is 12.5. The Morgan fingerprint density at radius 3 is 2.24 bits per heavy atom. The third-order valence-electron chi connectivity index (χ3n) is 4.00. The van der Waals surface area contributed by atoms with Crippen molar-refractivity contribution < 1.29 is 13.5 Å². The van der Waals surface area contributed by atoms with Crippen LogP contribution in [0.4, 0.5) is 0 Å². The molecule has 21 heavy (non-hydrogen) atoms. The molecule has 1 saturated carbocycles. The van der Waals surface area contributed by atoms with Crippen LogP contribution in [0.1, 0.15) is 44.3 Å². The molecule has 0 aromatic heterocycles. The Labute approximate surface area is 131 Å². The van der Waals surface area contributed by atoms with E-state index in [0.29, 0.717) is 5.25 Å². The minimum absolute atomic E-state index is 0.0369.